The molecule has 0 aliphatic carbocycles. The van der Waals surface area contributed by atoms with Crippen LogP contribution in [0.4, 0.5) is 0 Å². The van der Waals surface area contributed by atoms with Gasteiger partial charge in [0.05, 0.1) is 6.07 Å². The summed E-state index contributed by atoms with van der Waals surface area (Å²) >= 11 is 0. The molecule has 0 aromatic rings. The van der Waals surface area contributed by atoms with E-state index in [-0.39, 0.29) is 6.10 Å². The largest absolute Gasteiger partial charge is 0.364 e. The van der Waals surface area contributed by atoms with Crippen LogP contribution in [0, 0.1) is 11.3 Å². The van der Waals surface area contributed by atoms with Crippen LogP contribution >= 0.6 is 0 Å². The molecule has 1 unspecified atom stereocenters. The molecule has 0 aliphatic rings. The minimum absolute atomic E-state index is 0.175. The fraction of sp³-hybridized carbons (Fsp3) is 0.917. The van der Waals surface area contributed by atoms with Gasteiger partial charge >= 0.3 is 0 Å². The van der Waals surface area contributed by atoms with Gasteiger partial charge in [-0.05, 0) is 19.8 Å². The second-order valence-corrected chi connectivity index (χ2v) is 3.63. The molecule has 0 spiro atoms. The molecule has 0 aromatic heterocycles. The monoisotopic (exact) mass is 197 g/mol. The van der Waals surface area contributed by atoms with Crippen molar-refractivity contribution in [2.24, 2.45) is 0 Å². The Hall–Kier alpha value is -0.550. The van der Waals surface area contributed by atoms with Crippen LogP contribution < -0.4 is 0 Å². The molecule has 0 amide bonds. The lowest BCUT2D eigenvalue weighted by molar-refractivity contribution is 0.0933. The Bertz CT molecular complexity index is 151. The first-order valence-electron chi connectivity index (χ1n) is 5.86. The average molecular weight is 197 g/mol. The number of unbranched alkanes of at least 4 members (excludes halogenated alkanes) is 5. The van der Waals surface area contributed by atoms with Crippen molar-refractivity contribution in [1.29, 1.82) is 5.26 Å². The summed E-state index contributed by atoms with van der Waals surface area (Å²) in [6.45, 7) is 4.81. The number of hydrogen-bond acceptors (Lipinski definition) is 2. The van der Waals surface area contributed by atoms with Crippen molar-refractivity contribution in [2.45, 2.75) is 64.9 Å². The van der Waals surface area contributed by atoms with Gasteiger partial charge in [0.15, 0.2) is 0 Å². The lowest BCUT2D eigenvalue weighted by Gasteiger charge is -2.08. The number of hydrogen-bond donors (Lipinski definition) is 0. The highest BCUT2D eigenvalue weighted by molar-refractivity contribution is 4.83. The van der Waals surface area contributed by atoms with Crippen molar-refractivity contribution in [2.75, 3.05) is 6.61 Å². The lowest BCUT2D eigenvalue weighted by Crippen LogP contribution is -2.09. The summed E-state index contributed by atoms with van der Waals surface area (Å²) in [6, 6.07) is 2.18. The molecule has 2 heteroatoms. The van der Waals surface area contributed by atoms with Gasteiger partial charge in [0.25, 0.3) is 0 Å². The first kappa shape index (κ1) is 13.4. The number of rotatable bonds is 9. The Balaban J connectivity index is 3.21. The van der Waals surface area contributed by atoms with Gasteiger partial charge in [-0.25, -0.2) is 0 Å². The summed E-state index contributed by atoms with van der Waals surface area (Å²) in [7, 11) is 0. The Morgan fingerprint density at radius 2 is 1.71 bits per heavy atom. The van der Waals surface area contributed by atoms with Crippen LogP contribution in [0.5, 0.6) is 0 Å². The normalized spacial score (nSPS) is 12.4. The molecule has 0 rings (SSSR count). The van der Waals surface area contributed by atoms with Gasteiger partial charge in [0.1, 0.15) is 6.10 Å². The Morgan fingerprint density at radius 1 is 1.07 bits per heavy atom. The summed E-state index contributed by atoms with van der Waals surface area (Å²) in [5, 5.41) is 8.72. The van der Waals surface area contributed by atoms with Crippen LogP contribution in [-0.2, 0) is 4.74 Å². The zero-order chi connectivity index (χ0) is 10.6. The van der Waals surface area contributed by atoms with Crippen molar-refractivity contribution in [3.63, 3.8) is 0 Å². The maximum atomic E-state index is 8.72. The molecule has 0 aromatic carbocycles. The van der Waals surface area contributed by atoms with Crippen LogP contribution in [0.1, 0.15) is 58.8 Å². The molecule has 0 heterocycles. The molecule has 0 bridgehead atoms. The summed E-state index contributed by atoms with van der Waals surface area (Å²) in [5.41, 5.74) is 0. The third-order valence-corrected chi connectivity index (χ3v) is 2.33. The topological polar surface area (TPSA) is 33.0 Å². The van der Waals surface area contributed by atoms with E-state index in [9.17, 15) is 0 Å². The zero-order valence-corrected chi connectivity index (χ0v) is 9.59. The van der Waals surface area contributed by atoms with E-state index in [0.29, 0.717) is 6.61 Å². The van der Waals surface area contributed by atoms with E-state index in [0.717, 1.165) is 12.8 Å². The average Bonchev–Trinajstić information content (AvgIpc) is 2.21. The van der Waals surface area contributed by atoms with Gasteiger partial charge in [0.2, 0.25) is 0 Å². The maximum absolute atomic E-state index is 8.72. The fourth-order valence-corrected chi connectivity index (χ4v) is 1.50. The second kappa shape index (κ2) is 10.5. The molecule has 14 heavy (non-hydrogen) atoms. The van der Waals surface area contributed by atoms with Crippen LogP contribution in [0.2, 0.25) is 0 Å². The number of nitriles is 1. The maximum Gasteiger partial charge on any atom is 0.143 e. The summed E-state index contributed by atoms with van der Waals surface area (Å²) in [5.74, 6) is 0. The van der Waals surface area contributed by atoms with Crippen molar-refractivity contribution in [3.8, 4) is 6.07 Å². The van der Waals surface area contributed by atoms with E-state index >= 15 is 0 Å². The molecule has 82 valence electrons. The molecule has 0 saturated heterocycles. The number of nitrogens with zero attached hydrogens (tertiary/aromatic N) is 1. The van der Waals surface area contributed by atoms with Crippen LogP contribution in [0.25, 0.3) is 0 Å². The number of ether oxygens (including phenoxy) is 1. The molecule has 1 atom stereocenters. The van der Waals surface area contributed by atoms with Gasteiger partial charge in [-0.3, -0.25) is 0 Å². The first-order valence-corrected chi connectivity index (χ1v) is 5.86. The van der Waals surface area contributed by atoms with Crippen molar-refractivity contribution >= 4 is 0 Å². The fourth-order valence-electron chi connectivity index (χ4n) is 1.50. The van der Waals surface area contributed by atoms with E-state index in [4.69, 9.17) is 10.00 Å². The SMILES string of the molecule is CCCCCCCCC(C#N)OCC. The van der Waals surface area contributed by atoms with Crippen molar-refractivity contribution < 1.29 is 4.74 Å². The zero-order valence-electron chi connectivity index (χ0n) is 9.59. The van der Waals surface area contributed by atoms with E-state index in [1.54, 1.807) is 0 Å². The molecule has 0 aliphatic heterocycles. The molecule has 0 radical (unpaired) electrons. The minimum atomic E-state index is -0.175. The van der Waals surface area contributed by atoms with Crippen LogP contribution in [0.3, 0.4) is 0 Å². The summed E-state index contributed by atoms with van der Waals surface area (Å²) in [4.78, 5) is 0. The summed E-state index contributed by atoms with van der Waals surface area (Å²) < 4.78 is 5.26. The van der Waals surface area contributed by atoms with E-state index in [1.165, 1.54) is 32.1 Å². The highest BCUT2D eigenvalue weighted by atomic mass is 16.5. The molecule has 0 fully saturated rings. The van der Waals surface area contributed by atoms with E-state index in [2.05, 4.69) is 13.0 Å². The predicted molar refractivity (Wildman–Crippen MR) is 59.0 cm³/mol. The highest BCUT2D eigenvalue weighted by Gasteiger charge is 2.04. The smallest absolute Gasteiger partial charge is 0.143 e. The standard InChI is InChI=1S/C12H23NO/c1-3-5-6-7-8-9-10-12(11-13)14-4-2/h12H,3-10H2,1-2H3. The molecular weight excluding hydrogens is 174 g/mol. The molecule has 2 nitrogen and oxygen atoms in total. The lowest BCUT2D eigenvalue weighted by atomic mass is 10.1. The quantitative estimate of drug-likeness (QED) is 0.528. The Morgan fingerprint density at radius 3 is 2.29 bits per heavy atom. The van der Waals surface area contributed by atoms with Gasteiger partial charge in [0, 0.05) is 6.61 Å². The Labute approximate surface area is 88.3 Å². The van der Waals surface area contributed by atoms with Crippen molar-refractivity contribution in [1.82, 2.24) is 0 Å². The predicted octanol–water partition coefficient (Wildman–Crippen LogP) is 3.67. The molecular formula is C12H23NO. The van der Waals surface area contributed by atoms with Gasteiger partial charge in [-0.1, -0.05) is 39.0 Å². The third kappa shape index (κ3) is 8.07. The second-order valence-electron chi connectivity index (χ2n) is 3.63. The van der Waals surface area contributed by atoms with Crippen LogP contribution in [0.15, 0.2) is 0 Å². The van der Waals surface area contributed by atoms with Crippen molar-refractivity contribution in [3.05, 3.63) is 0 Å². The first-order chi connectivity index (χ1) is 6.85. The Kier molecular flexibility index (Phi) is 10.1. The minimum Gasteiger partial charge on any atom is -0.364 e. The third-order valence-electron chi connectivity index (χ3n) is 2.33. The van der Waals surface area contributed by atoms with E-state index < -0.39 is 0 Å². The highest BCUT2D eigenvalue weighted by Crippen LogP contribution is 2.09. The molecule has 0 saturated carbocycles. The van der Waals surface area contributed by atoms with Crippen LogP contribution in [-0.4, -0.2) is 12.7 Å². The van der Waals surface area contributed by atoms with Gasteiger partial charge in [-0.15, -0.1) is 0 Å². The van der Waals surface area contributed by atoms with Gasteiger partial charge < -0.3 is 4.74 Å². The summed E-state index contributed by atoms with van der Waals surface area (Å²) in [6.07, 6.45) is 8.36. The van der Waals surface area contributed by atoms with E-state index in [1.807, 2.05) is 6.92 Å². The van der Waals surface area contributed by atoms with Gasteiger partial charge in [-0.2, -0.15) is 5.26 Å². The molecule has 0 N–H and O–H groups in total.